The van der Waals surface area contributed by atoms with E-state index < -0.39 is 17.6 Å². The lowest BCUT2D eigenvalue weighted by Crippen LogP contribution is -2.09. The molecule has 0 atom stereocenters. The van der Waals surface area contributed by atoms with Crippen LogP contribution in [-0.4, -0.2) is 23.5 Å². The summed E-state index contributed by atoms with van der Waals surface area (Å²) >= 11 is 2.40. The first kappa shape index (κ1) is 34.5. The van der Waals surface area contributed by atoms with Gasteiger partial charge in [-0.2, -0.15) is 10.2 Å². The Labute approximate surface area is 304 Å². The average molecular weight is 717 g/mol. The van der Waals surface area contributed by atoms with E-state index in [0.717, 1.165) is 48.8 Å². The van der Waals surface area contributed by atoms with Crippen molar-refractivity contribution in [3.63, 3.8) is 0 Å². The van der Waals surface area contributed by atoms with E-state index in [9.17, 15) is 9.90 Å². The highest BCUT2D eigenvalue weighted by molar-refractivity contribution is 8.25. The molecule has 7 rings (SSSR count). The molecule has 0 amide bonds. The number of rotatable bonds is 9. The highest BCUT2D eigenvalue weighted by Crippen LogP contribution is 2.58. The number of carbonyl (C=O) groups excluding carboxylic acids is 1. The van der Waals surface area contributed by atoms with Gasteiger partial charge in [0, 0.05) is 11.1 Å². The fourth-order valence-electron chi connectivity index (χ4n) is 6.24. The van der Waals surface area contributed by atoms with Crippen LogP contribution in [0.4, 0.5) is 8.78 Å². The van der Waals surface area contributed by atoms with Gasteiger partial charge in [-0.15, -0.1) is 0 Å². The SMILES string of the molecule is CCCc1ccc(-c2ccc(C(=O)Oc3ccc(O)c4c3S/C(=C\c3ccc(/C=N/N=C/c5cccc6c5CCCC6)c(F)c3F)S4)cc2)cc1. The van der Waals surface area contributed by atoms with Crippen LogP contribution in [0.3, 0.4) is 0 Å². The molecule has 0 aromatic heterocycles. The van der Waals surface area contributed by atoms with Gasteiger partial charge >= 0.3 is 5.97 Å². The third-order valence-electron chi connectivity index (χ3n) is 8.92. The summed E-state index contributed by atoms with van der Waals surface area (Å²) in [6.07, 6.45) is 10.8. The average Bonchev–Trinajstić information content (AvgIpc) is 3.59. The number of phenolic OH excluding ortho intramolecular Hbond substituents is 1. The molecule has 5 nitrogen and oxygen atoms in total. The van der Waals surface area contributed by atoms with Gasteiger partial charge in [0.05, 0.1) is 32.0 Å². The highest BCUT2D eigenvalue weighted by atomic mass is 32.2. The molecule has 0 spiro atoms. The topological polar surface area (TPSA) is 71.2 Å². The van der Waals surface area contributed by atoms with Crippen molar-refractivity contribution in [3.8, 4) is 22.6 Å². The van der Waals surface area contributed by atoms with Crippen LogP contribution in [-0.2, 0) is 19.3 Å². The van der Waals surface area contributed by atoms with Crippen molar-refractivity contribution in [2.75, 3.05) is 0 Å². The van der Waals surface area contributed by atoms with E-state index in [1.54, 1.807) is 18.3 Å². The van der Waals surface area contributed by atoms with E-state index in [2.05, 4.69) is 47.5 Å². The van der Waals surface area contributed by atoms with Gasteiger partial charge in [-0.1, -0.05) is 97.5 Å². The molecule has 0 unspecified atom stereocenters. The van der Waals surface area contributed by atoms with Gasteiger partial charge in [-0.05, 0) is 102 Å². The Bertz CT molecular complexity index is 2200. The number of ether oxygens (including phenoxy) is 1. The maximum absolute atomic E-state index is 15.3. The van der Waals surface area contributed by atoms with Gasteiger partial charge in [-0.25, -0.2) is 13.6 Å². The number of fused-ring (bicyclic) bond motifs is 2. The van der Waals surface area contributed by atoms with Crippen LogP contribution >= 0.6 is 23.5 Å². The number of halogens is 2. The molecule has 9 heteroatoms. The van der Waals surface area contributed by atoms with Crippen molar-refractivity contribution >= 4 is 48.0 Å². The Morgan fingerprint density at radius 1 is 0.784 bits per heavy atom. The summed E-state index contributed by atoms with van der Waals surface area (Å²) in [6, 6.07) is 27.6. The maximum Gasteiger partial charge on any atom is 0.343 e. The molecule has 1 N–H and O–H groups in total. The van der Waals surface area contributed by atoms with Crippen LogP contribution in [0.1, 0.15) is 69.9 Å². The first-order chi connectivity index (χ1) is 24.9. The number of thioether (sulfide) groups is 2. The normalized spacial score (nSPS) is 14.7. The molecule has 1 aliphatic heterocycles. The molecule has 0 fully saturated rings. The number of phenols is 1. The van der Waals surface area contributed by atoms with Crippen molar-refractivity contribution < 1.29 is 23.4 Å². The van der Waals surface area contributed by atoms with Crippen LogP contribution in [0.5, 0.6) is 11.5 Å². The van der Waals surface area contributed by atoms with Gasteiger partial charge in [-0.3, -0.25) is 0 Å². The lowest BCUT2D eigenvalue weighted by molar-refractivity contribution is 0.0729. The van der Waals surface area contributed by atoms with Crippen LogP contribution in [0.15, 0.2) is 115 Å². The van der Waals surface area contributed by atoms with Crippen LogP contribution in [0, 0.1) is 11.6 Å². The molecular weight excluding hydrogens is 683 g/mol. The fraction of sp³-hybridized carbons (Fsp3) is 0.167. The summed E-state index contributed by atoms with van der Waals surface area (Å²) in [4.78, 5) is 14.1. The molecule has 0 radical (unpaired) electrons. The van der Waals surface area contributed by atoms with Crippen molar-refractivity contribution in [3.05, 3.63) is 146 Å². The van der Waals surface area contributed by atoms with Crippen molar-refractivity contribution in [2.24, 2.45) is 10.2 Å². The Balaban J connectivity index is 1.03. The van der Waals surface area contributed by atoms with Crippen molar-refractivity contribution in [1.29, 1.82) is 0 Å². The molecular formula is C42H34F2N2O3S2. The van der Waals surface area contributed by atoms with E-state index in [4.69, 9.17) is 4.74 Å². The zero-order valence-corrected chi connectivity index (χ0v) is 29.5. The largest absolute Gasteiger partial charge is 0.507 e. The van der Waals surface area contributed by atoms with Crippen molar-refractivity contribution in [2.45, 2.75) is 55.2 Å². The first-order valence-electron chi connectivity index (χ1n) is 16.9. The molecule has 5 aromatic carbocycles. The third-order valence-corrected chi connectivity index (χ3v) is 11.4. The summed E-state index contributed by atoms with van der Waals surface area (Å²) in [5.41, 5.74) is 7.31. The van der Waals surface area contributed by atoms with Gasteiger partial charge in [0.1, 0.15) is 11.5 Å². The van der Waals surface area contributed by atoms with Gasteiger partial charge in [0.2, 0.25) is 0 Å². The summed E-state index contributed by atoms with van der Waals surface area (Å²) in [5.74, 6) is -2.36. The molecule has 0 bridgehead atoms. The number of aryl methyl sites for hydroxylation is 2. The smallest absolute Gasteiger partial charge is 0.343 e. The highest BCUT2D eigenvalue weighted by Gasteiger charge is 2.27. The lowest BCUT2D eigenvalue weighted by atomic mass is 9.89. The Kier molecular flexibility index (Phi) is 10.5. The van der Waals surface area contributed by atoms with Crippen LogP contribution in [0.2, 0.25) is 0 Å². The zero-order valence-electron chi connectivity index (χ0n) is 27.9. The lowest BCUT2D eigenvalue weighted by Gasteiger charge is -2.17. The van der Waals surface area contributed by atoms with Crippen LogP contribution < -0.4 is 4.74 Å². The minimum atomic E-state index is -1.04. The first-order valence-corrected chi connectivity index (χ1v) is 18.5. The predicted octanol–water partition coefficient (Wildman–Crippen LogP) is 11.0. The fourth-order valence-corrected chi connectivity index (χ4v) is 8.71. The Morgan fingerprint density at radius 2 is 1.45 bits per heavy atom. The van der Waals surface area contributed by atoms with E-state index in [1.165, 1.54) is 83.2 Å². The number of carbonyl (C=O) groups is 1. The summed E-state index contributed by atoms with van der Waals surface area (Å²) in [5, 5.41) is 18.7. The standard InChI is InChI=1S/C42H34F2N2O3S2/c1-2-6-26-11-13-27(14-12-26)28-15-17-30(18-16-28)42(48)49-36-22-21-35(47)40-41(36)51-37(50-40)23-31-19-20-33(39(44)38(31)43)25-46-45-24-32-9-5-8-29-7-3-4-10-34(29)32/h5,8-9,11-25,47H,2-4,6-7,10H2,1H3/b37-23-,45-24+,46-25+. The third kappa shape index (κ3) is 7.70. The van der Waals surface area contributed by atoms with Gasteiger partial charge in [0.15, 0.2) is 11.6 Å². The maximum atomic E-state index is 15.3. The minimum Gasteiger partial charge on any atom is -0.507 e. The molecule has 51 heavy (non-hydrogen) atoms. The molecule has 256 valence electrons. The number of hydrogen-bond acceptors (Lipinski definition) is 7. The molecule has 5 aromatic rings. The van der Waals surface area contributed by atoms with E-state index in [0.29, 0.717) is 19.6 Å². The quantitative estimate of drug-likeness (QED) is 0.0712. The minimum absolute atomic E-state index is 0.00483. The zero-order chi connectivity index (χ0) is 35.3. The predicted molar refractivity (Wildman–Crippen MR) is 203 cm³/mol. The number of hydrogen-bond donors (Lipinski definition) is 1. The molecule has 1 heterocycles. The second-order valence-electron chi connectivity index (χ2n) is 12.4. The summed E-state index contributed by atoms with van der Waals surface area (Å²) in [6.45, 7) is 2.15. The molecule has 1 aliphatic carbocycles. The number of benzene rings is 5. The van der Waals surface area contributed by atoms with Crippen LogP contribution in [0.25, 0.3) is 17.2 Å². The summed E-state index contributed by atoms with van der Waals surface area (Å²) < 4.78 is 36.7. The molecule has 0 saturated heterocycles. The van der Waals surface area contributed by atoms with E-state index in [-0.39, 0.29) is 22.6 Å². The number of nitrogens with zero attached hydrogens (tertiary/aromatic N) is 2. The van der Waals surface area contributed by atoms with Gasteiger partial charge < -0.3 is 9.84 Å². The monoisotopic (exact) mass is 716 g/mol. The molecule has 2 aliphatic rings. The molecule has 0 saturated carbocycles. The second-order valence-corrected chi connectivity index (χ2v) is 14.7. The Morgan fingerprint density at radius 3 is 2.22 bits per heavy atom. The Hall–Kier alpha value is -4.99. The second kappa shape index (κ2) is 15.5. The summed E-state index contributed by atoms with van der Waals surface area (Å²) in [7, 11) is 0. The van der Waals surface area contributed by atoms with Crippen molar-refractivity contribution in [1.82, 2.24) is 0 Å². The number of esters is 1. The van der Waals surface area contributed by atoms with E-state index >= 15 is 8.78 Å². The van der Waals surface area contributed by atoms with Gasteiger partial charge in [0.25, 0.3) is 0 Å². The van der Waals surface area contributed by atoms with E-state index in [1.807, 2.05) is 24.3 Å². The number of aromatic hydroxyl groups is 1.